The number of nitrogens with zero attached hydrogens (tertiary/aromatic N) is 1. The highest BCUT2D eigenvalue weighted by molar-refractivity contribution is 8.00. The fourth-order valence-corrected chi connectivity index (χ4v) is 4.99. The van der Waals surface area contributed by atoms with E-state index < -0.39 is 65.7 Å². The standard InChI is InChI=1S/C23H24N4O10S/c1-11(28)36-8-14-10-38-21-17(20(32)27(21)18(14)22(33)34)25-19(31)16(13-6-4-3-5-7-13)26-23(35)24-15(30)9-37-12(2)29/h3-7,16-17,21H,8-10H2,1-2H3,(H,25,31)(H,33,34)(H2,24,26,30,35)/t16?,17-,21-/m1/s1. The zero-order chi connectivity index (χ0) is 28.0. The molecular weight excluding hydrogens is 524 g/mol. The molecule has 3 rings (SSSR count). The lowest BCUT2D eigenvalue weighted by molar-refractivity contribution is -0.151. The van der Waals surface area contributed by atoms with Gasteiger partial charge in [0.2, 0.25) is 5.91 Å². The number of carboxylic acids is 1. The Balaban J connectivity index is 1.72. The molecule has 5 amide bonds. The molecule has 0 aliphatic carbocycles. The lowest BCUT2D eigenvalue weighted by Gasteiger charge is -2.49. The van der Waals surface area contributed by atoms with Gasteiger partial charge in [-0.2, -0.15) is 0 Å². The molecule has 4 N–H and O–H groups in total. The molecule has 15 heteroatoms. The largest absolute Gasteiger partial charge is 0.477 e. The van der Waals surface area contributed by atoms with Crippen LogP contribution in [0, 0.1) is 0 Å². The summed E-state index contributed by atoms with van der Waals surface area (Å²) in [6.07, 6.45) is 0. The van der Waals surface area contributed by atoms with Gasteiger partial charge in [-0.3, -0.25) is 34.2 Å². The molecule has 1 aromatic rings. The number of fused-ring (bicyclic) bond motifs is 1. The SMILES string of the molecule is CC(=O)OCC(=O)NC(=O)NC(C(=O)N[C@@H]1C(=O)N2C(C(=O)O)=C(COC(C)=O)CS[C@H]12)c1ccccc1. The fourth-order valence-electron chi connectivity index (χ4n) is 3.66. The maximum absolute atomic E-state index is 13.2. The predicted molar refractivity (Wildman–Crippen MR) is 129 cm³/mol. The number of urea groups is 1. The van der Waals surface area contributed by atoms with Crippen LogP contribution in [0.4, 0.5) is 4.79 Å². The monoisotopic (exact) mass is 548 g/mol. The number of thioether (sulfide) groups is 1. The number of nitrogens with one attached hydrogen (secondary N) is 3. The van der Waals surface area contributed by atoms with E-state index in [2.05, 4.69) is 15.4 Å². The van der Waals surface area contributed by atoms with Gasteiger partial charge in [0.25, 0.3) is 11.8 Å². The number of rotatable bonds is 9. The Morgan fingerprint density at radius 2 is 1.74 bits per heavy atom. The van der Waals surface area contributed by atoms with Crippen molar-refractivity contribution in [3.05, 3.63) is 47.2 Å². The lowest BCUT2D eigenvalue weighted by Crippen LogP contribution is -2.71. The number of carbonyl (C=O) groups excluding carboxylic acids is 6. The number of hydrogen-bond donors (Lipinski definition) is 4. The van der Waals surface area contributed by atoms with Crippen molar-refractivity contribution in [3.8, 4) is 0 Å². The molecule has 0 saturated carbocycles. The Hall–Kier alpha value is -4.40. The average Bonchev–Trinajstić information content (AvgIpc) is 2.87. The van der Waals surface area contributed by atoms with Crippen molar-refractivity contribution >= 4 is 53.4 Å². The number of β-lactam (4-membered cyclic amide) rings is 1. The molecule has 2 aliphatic heterocycles. The number of esters is 2. The van der Waals surface area contributed by atoms with Gasteiger partial charge >= 0.3 is 23.9 Å². The first-order chi connectivity index (χ1) is 18.0. The van der Waals surface area contributed by atoms with Gasteiger partial charge in [-0.25, -0.2) is 9.59 Å². The quantitative estimate of drug-likeness (QED) is 0.227. The maximum Gasteiger partial charge on any atom is 0.352 e. The molecule has 202 valence electrons. The minimum atomic E-state index is -1.38. The zero-order valence-electron chi connectivity index (χ0n) is 20.2. The summed E-state index contributed by atoms with van der Waals surface area (Å²) in [6.45, 7) is 1.28. The molecule has 1 fully saturated rings. The van der Waals surface area contributed by atoms with Crippen molar-refractivity contribution in [2.24, 2.45) is 0 Å². The van der Waals surface area contributed by atoms with Crippen LogP contribution in [0.25, 0.3) is 0 Å². The first-order valence-electron chi connectivity index (χ1n) is 11.1. The Bertz CT molecular complexity index is 1200. The van der Waals surface area contributed by atoms with E-state index in [0.29, 0.717) is 5.56 Å². The number of hydrogen-bond acceptors (Lipinski definition) is 10. The van der Waals surface area contributed by atoms with Crippen LogP contribution in [0.1, 0.15) is 25.5 Å². The van der Waals surface area contributed by atoms with Gasteiger partial charge in [0.05, 0.1) is 0 Å². The smallest absolute Gasteiger partial charge is 0.352 e. The number of benzene rings is 1. The van der Waals surface area contributed by atoms with Crippen molar-refractivity contribution in [3.63, 3.8) is 0 Å². The van der Waals surface area contributed by atoms with Crippen LogP contribution in [0.3, 0.4) is 0 Å². The van der Waals surface area contributed by atoms with Gasteiger partial charge in [0.15, 0.2) is 6.61 Å². The molecule has 0 spiro atoms. The van der Waals surface area contributed by atoms with Gasteiger partial charge in [0, 0.05) is 25.2 Å². The molecule has 3 atom stereocenters. The summed E-state index contributed by atoms with van der Waals surface area (Å²) < 4.78 is 9.41. The number of carbonyl (C=O) groups is 7. The Kier molecular flexibility index (Phi) is 9.07. The second-order valence-electron chi connectivity index (χ2n) is 8.08. The second kappa shape index (κ2) is 12.2. The lowest BCUT2D eigenvalue weighted by atomic mass is 10.0. The van der Waals surface area contributed by atoms with Crippen molar-refractivity contribution in [2.75, 3.05) is 19.0 Å². The summed E-state index contributed by atoms with van der Waals surface area (Å²) in [4.78, 5) is 85.1. The van der Waals surface area contributed by atoms with E-state index >= 15 is 0 Å². The van der Waals surface area contributed by atoms with E-state index in [9.17, 15) is 38.7 Å². The molecule has 1 unspecified atom stereocenters. The average molecular weight is 549 g/mol. The number of aliphatic carboxylic acids is 1. The second-order valence-corrected chi connectivity index (χ2v) is 9.18. The van der Waals surface area contributed by atoms with Crippen molar-refractivity contribution < 1.29 is 48.1 Å². The first-order valence-corrected chi connectivity index (χ1v) is 12.2. The maximum atomic E-state index is 13.2. The van der Waals surface area contributed by atoms with Gasteiger partial charge in [-0.05, 0) is 5.56 Å². The minimum Gasteiger partial charge on any atom is -0.477 e. The third kappa shape index (κ3) is 6.67. The van der Waals surface area contributed by atoms with Gasteiger partial charge in [-0.1, -0.05) is 30.3 Å². The van der Waals surface area contributed by atoms with Gasteiger partial charge < -0.3 is 25.2 Å². The molecule has 2 heterocycles. The van der Waals surface area contributed by atoms with E-state index in [1.807, 2.05) is 5.32 Å². The summed E-state index contributed by atoms with van der Waals surface area (Å²) >= 11 is 1.18. The molecular formula is C23H24N4O10S. The molecule has 1 saturated heterocycles. The van der Waals surface area contributed by atoms with Gasteiger partial charge in [0.1, 0.15) is 29.8 Å². The van der Waals surface area contributed by atoms with Crippen molar-refractivity contribution in [2.45, 2.75) is 31.3 Å². The highest BCUT2D eigenvalue weighted by Crippen LogP contribution is 2.40. The number of amides is 5. The summed E-state index contributed by atoms with van der Waals surface area (Å²) in [5.41, 5.74) is 0.266. The zero-order valence-corrected chi connectivity index (χ0v) is 21.0. The molecule has 0 bridgehead atoms. The van der Waals surface area contributed by atoms with E-state index in [0.717, 1.165) is 11.8 Å². The van der Waals surface area contributed by atoms with E-state index in [-0.39, 0.29) is 23.6 Å². The normalized spacial score (nSPS) is 18.8. The Labute approximate surface area is 220 Å². The molecule has 2 aliphatic rings. The van der Waals surface area contributed by atoms with E-state index in [4.69, 9.17) is 4.74 Å². The van der Waals surface area contributed by atoms with Gasteiger partial charge in [-0.15, -0.1) is 11.8 Å². The summed E-state index contributed by atoms with van der Waals surface area (Å²) in [5.74, 6) is -4.97. The molecule has 0 radical (unpaired) electrons. The summed E-state index contributed by atoms with van der Waals surface area (Å²) in [5, 5.41) is 15.7. The molecule has 1 aromatic carbocycles. The van der Waals surface area contributed by atoms with E-state index in [1.54, 1.807) is 30.3 Å². The number of imide groups is 1. The fraction of sp³-hybridized carbons (Fsp3) is 0.348. The first kappa shape index (κ1) is 28.2. The molecule has 38 heavy (non-hydrogen) atoms. The third-order valence-corrected chi connectivity index (χ3v) is 6.67. The van der Waals surface area contributed by atoms with Crippen LogP contribution in [-0.4, -0.2) is 82.0 Å². The minimum absolute atomic E-state index is 0.142. The highest BCUT2D eigenvalue weighted by atomic mass is 32.2. The summed E-state index contributed by atoms with van der Waals surface area (Å²) in [6, 6.07) is 4.52. The van der Waals surface area contributed by atoms with Crippen LogP contribution in [0.2, 0.25) is 0 Å². The van der Waals surface area contributed by atoms with Crippen molar-refractivity contribution in [1.29, 1.82) is 0 Å². The highest BCUT2D eigenvalue weighted by Gasteiger charge is 2.54. The van der Waals surface area contributed by atoms with Crippen LogP contribution >= 0.6 is 11.8 Å². The Morgan fingerprint density at radius 1 is 1.08 bits per heavy atom. The molecule has 0 aromatic heterocycles. The van der Waals surface area contributed by atoms with Crippen LogP contribution in [0.5, 0.6) is 0 Å². The van der Waals surface area contributed by atoms with Crippen molar-refractivity contribution in [1.82, 2.24) is 20.9 Å². The number of ether oxygens (including phenoxy) is 2. The van der Waals surface area contributed by atoms with Crippen LogP contribution < -0.4 is 16.0 Å². The topological polar surface area (TPSA) is 198 Å². The van der Waals surface area contributed by atoms with E-state index in [1.165, 1.54) is 18.7 Å². The van der Waals surface area contributed by atoms with Crippen LogP contribution in [0.15, 0.2) is 41.6 Å². The molecule has 14 nitrogen and oxygen atoms in total. The number of carboxylic acid groups (broad SMARTS) is 1. The third-order valence-electron chi connectivity index (χ3n) is 5.33. The predicted octanol–water partition coefficient (Wildman–Crippen LogP) is -0.582. The summed E-state index contributed by atoms with van der Waals surface area (Å²) in [7, 11) is 0. The Morgan fingerprint density at radius 3 is 2.34 bits per heavy atom. The van der Waals surface area contributed by atoms with Crippen LogP contribution in [-0.2, 0) is 38.2 Å².